The number of rotatable bonds is 8. The van der Waals surface area contributed by atoms with Crippen molar-refractivity contribution in [3.05, 3.63) is 36.4 Å². The van der Waals surface area contributed by atoms with Gasteiger partial charge in [0.1, 0.15) is 17.6 Å². The van der Waals surface area contributed by atoms with Gasteiger partial charge in [-0.3, -0.25) is 0 Å². The van der Waals surface area contributed by atoms with Crippen LogP contribution in [0.4, 0.5) is 0 Å². The molecule has 0 radical (unpaired) electrons. The van der Waals surface area contributed by atoms with E-state index >= 15 is 0 Å². The Labute approximate surface area is 233 Å². The zero-order valence-electron chi connectivity index (χ0n) is 24.2. The number of carbonyl (C=O) groups excluding carboxylic acids is 2. The average Bonchev–Trinajstić information content (AvgIpc) is 2.91. The first kappa shape index (κ1) is 29.8. The fourth-order valence-corrected chi connectivity index (χ4v) is 7.41. The van der Waals surface area contributed by atoms with Crippen LogP contribution < -0.4 is 10.2 Å². The number of carbonyl (C=O) groups is 2. The molecule has 7 nitrogen and oxygen atoms in total. The molecular formula is C31H45BO7. The third kappa shape index (κ3) is 5.84. The van der Waals surface area contributed by atoms with E-state index in [0.29, 0.717) is 49.4 Å². The number of aliphatic hydroxyl groups excluding tert-OH is 1. The van der Waals surface area contributed by atoms with Crippen LogP contribution in [0.1, 0.15) is 78.7 Å². The number of fused-ring (bicyclic) bond motifs is 3. The molecule has 39 heavy (non-hydrogen) atoms. The minimum Gasteiger partial charge on any atom is -0.482 e. The Balaban J connectivity index is 1.57. The number of aliphatic hydroxyl groups is 1. The van der Waals surface area contributed by atoms with Crippen molar-refractivity contribution in [1.82, 2.24) is 0 Å². The SMILES string of the molecule is C=C[C@]1(C)C[C@@H](OC(=O)COc2ccc3c(c2)B(O)OCC3)[C@@]2(C)C[C@](CCC(C)=O)(CC[C@H]2C)[C@@H](C)[C@@H]1O. The van der Waals surface area contributed by atoms with E-state index in [1.165, 1.54) is 0 Å². The van der Waals surface area contributed by atoms with Gasteiger partial charge in [-0.15, -0.1) is 6.58 Å². The highest BCUT2D eigenvalue weighted by Gasteiger charge is 2.58. The molecule has 2 fully saturated rings. The van der Waals surface area contributed by atoms with Crippen molar-refractivity contribution in [1.29, 1.82) is 0 Å². The first-order valence-corrected chi connectivity index (χ1v) is 14.4. The van der Waals surface area contributed by atoms with Crippen molar-refractivity contribution in [2.75, 3.05) is 13.2 Å². The van der Waals surface area contributed by atoms with Gasteiger partial charge in [-0.25, -0.2) is 4.79 Å². The monoisotopic (exact) mass is 540 g/mol. The second kappa shape index (κ2) is 11.4. The van der Waals surface area contributed by atoms with E-state index in [2.05, 4.69) is 27.4 Å². The Hall–Kier alpha value is -2.16. The lowest BCUT2D eigenvalue weighted by atomic mass is 9.47. The Morgan fingerprint density at radius 1 is 1.28 bits per heavy atom. The molecule has 0 unspecified atom stereocenters. The maximum atomic E-state index is 13.2. The highest BCUT2D eigenvalue weighted by atomic mass is 16.6. The molecule has 1 aliphatic heterocycles. The van der Waals surface area contributed by atoms with Gasteiger partial charge in [-0.05, 0) is 85.9 Å². The second-order valence-corrected chi connectivity index (χ2v) is 12.9. The lowest BCUT2D eigenvalue weighted by Crippen LogP contribution is -2.58. The van der Waals surface area contributed by atoms with Crippen LogP contribution in [0.25, 0.3) is 0 Å². The minimum atomic E-state index is -0.999. The average molecular weight is 541 g/mol. The van der Waals surface area contributed by atoms with Gasteiger partial charge in [-0.1, -0.05) is 39.8 Å². The van der Waals surface area contributed by atoms with Crippen LogP contribution in [0.3, 0.4) is 0 Å². The lowest BCUT2D eigenvalue weighted by Gasteiger charge is -2.60. The third-order valence-corrected chi connectivity index (χ3v) is 10.5. The standard InChI is InChI=1S/C31H45BO7/c1-7-29(5)17-26(39-27(34)18-37-24-9-8-23-12-15-38-32(36)25(23)16-24)30(6)19-31(13-10-20(30)2,14-11-21(3)33)22(4)28(29)35/h7-9,16,20,22,26,28,35-36H,1,10-15,17-19H2,2-6H3/t20-,22+,26-,28+,29-,30+,31-/m1/s1. The van der Waals surface area contributed by atoms with E-state index in [-0.39, 0.29) is 29.1 Å². The summed E-state index contributed by atoms with van der Waals surface area (Å²) < 4.78 is 17.3. The number of hydrogen-bond donors (Lipinski definition) is 2. The molecular weight excluding hydrogens is 495 g/mol. The molecule has 0 saturated heterocycles. The van der Waals surface area contributed by atoms with E-state index in [0.717, 1.165) is 24.8 Å². The van der Waals surface area contributed by atoms with Crippen molar-refractivity contribution in [3.8, 4) is 5.75 Å². The van der Waals surface area contributed by atoms with Crippen LogP contribution in [0.2, 0.25) is 0 Å². The Kier molecular flexibility index (Phi) is 8.70. The van der Waals surface area contributed by atoms with Gasteiger partial charge >= 0.3 is 13.1 Å². The summed E-state index contributed by atoms with van der Waals surface area (Å²) in [6.45, 7) is 14.4. The maximum absolute atomic E-state index is 13.2. The van der Waals surface area contributed by atoms with Crippen molar-refractivity contribution < 1.29 is 33.8 Å². The van der Waals surface area contributed by atoms with Crippen LogP contribution in [0.5, 0.6) is 5.75 Å². The summed E-state index contributed by atoms with van der Waals surface area (Å²) in [6, 6.07) is 5.39. The summed E-state index contributed by atoms with van der Waals surface area (Å²) >= 11 is 0. The van der Waals surface area contributed by atoms with Crippen molar-refractivity contribution in [3.63, 3.8) is 0 Å². The highest BCUT2D eigenvalue weighted by molar-refractivity contribution is 6.60. The van der Waals surface area contributed by atoms with Gasteiger partial charge < -0.3 is 29.1 Å². The molecule has 7 atom stereocenters. The molecule has 4 rings (SSSR count). The van der Waals surface area contributed by atoms with Gasteiger partial charge in [0.2, 0.25) is 0 Å². The number of ketones is 1. The number of Topliss-reactive ketones (excluding diaryl/α,β-unsaturated/α-hetero) is 1. The fraction of sp³-hybridized carbons (Fsp3) is 0.677. The van der Waals surface area contributed by atoms with E-state index in [4.69, 9.17) is 14.1 Å². The summed E-state index contributed by atoms with van der Waals surface area (Å²) in [6.07, 6.45) is 5.69. The van der Waals surface area contributed by atoms with E-state index in [1.807, 2.05) is 13.0 Å². The van der Waals surface area contributed by atoms with Crippen LogP contribution in [0.15, 0.2) is 30.9 Å². The van der Waals surface area contributed by atoms with Crippen molar-refractivity contribution in [2.24, 2.45) is 28.1 Å². The van der Waals surface area contributed by atoms with Crippen molar-refractivity contribution in [2.45, 2.75) is 91.8 Å². The molecule has 214 valence electrons. The summed E-state index contributed by atoms with van der Waals surface area (Å²) in [7, 11) is -0.999. The lowest BCUT2D eigenvalue weighted by molar-refractivity contribution is -0.190. The predicted molar refractivity (Wildman–Crippen MR) is 151 cm³/mol. The zero-order valence-corrected chi connectivity index (χ0v) is 24.2. The van der Waals surface area contributed by atoms with Crippen molar-refractivity contribution >= 4 is 24.3 Å². The summed E-state index contributed by atoms with van der Waals surface area (Å²) in [5.41, 5.74) is 0.422. The topological polar surface area (TPSA) is 102 Å². The zero-order chi connectivity index (χ0) is 28.6. The summed E-state index contributed by atoms with van der Waals surface area (Å²) in [4.78, 5) is 25.3. The second-order valence-electron chi connectivity index (χ2n) is 12.9. The third-order valence-electron chi connectivity index (χ3n) is 10.5. The fourth-order valence-electron chi connectivity index (χ4n) is 7.41. The Morgan fingerprint density at radius 2 is 2.03 bits per heavy atom. The number of esters is 1. The molecule has 2 bridgehead atoms. The number of hydrogen-bond acceptors (Lipinski definition) is 7. The molecule has 3 aliphatic rings. The molecule has 0 amide bonds. The number of benzene rings is 1. The normalized spacial score (nSPS) is 36.2. The molecule has 8 heteroatoms. The largest absolute Gasteiger partial charge is 0.491 e. The van der Waals surface area contributed by atoms with E-state index < -0.39 is 30.7 Å². The molecule has 2 saturated carbocycles. The summed E-state index contributed by atoms with van der Waals surface area (Å²) in [5, 5.41) is 21.8. The smallest absolute Gasteiger partial charge is 0.482 e. The number of ether oxygens (including phenoxy) is 2. The molecule has 1 aromatic rings. The molecule has 0 aromatic heterocycles. The predicted octanol–water partition coefficient (Wildman–Crippen LogP) is 4.01. The Bertz CT molecular complexity index is 1090. The first-order valence-electron chi connectivity index (χ1n) is 14.4. The van der Waals surface area contributed by atoms with Crippen LogP contribution in [-0.2, 0) is 25.4 Å². The van der Waals surface area contributed by atoms with Gasteiger partial charge in [0.15, 0.2) is 6.61 Å². The Morgan fingerprint density at radius 3 is 2.72 bits per heavy atom. The quantitative estimate of drug-likeness (QED) is 0.292. The molecule has 2 N–H and O–H groups in total. The van der Waals surface area contributed by atoms with Gasteiger partial charge in [-0.2, -0.15) is 0 Å². The van der Waals surface area contributed by atoms with Crippen LogP contribution in [0, 0.1) is 28.1 Å². The molecule has 0 spiro atoms. The van der Waals surface area contributed by atoms with E-state index in [9.17, 15) is 19.7 Å². The van der Waals surface area contributed by atoms with Gasteiger partial charge in [0, 0.05) is 23.9 Å². The first-order chi connectivity index (χ1) is 18.3. The molecule has 1 aromatic carbocycles. The van der Waals surface area contributed by atoms with Crippen LogP contribution in [-0.4, -0.2) is 54.4 Å². The van der Waals surface area contributed by atoms with Gasteiger partial charge in [0.25, 0.3) is 0 Å². The molecule has 2 aliphatic carbocycles. The minimum absolute atomic E-state index is 0.0324. The molecule has 1 heterocycles. The summed E-state index contributed by atoms with van der Waals surface area (Å²) in [5.74, 6) is 0.405. The van der Waals surface area contributed by atoms with Gasteiger partial charge in [0.05, 0.1) is 6.10 Å². The van der Waals surface area contributed by atoms with Crippen LogP contribution >= 0.6 is 0 Å². The maximum Gasteiger partial charge on any atom is 0.491 e. The highest BCUT2D eigenvalue weighted by Crippen LogP contribution is 2.62. The van der Waals surface area contributed by atoms with E-state index in [1.54, 1.807) is 25.1 Å².